The number of hydrogen-bond donors (Lipinski definition) is 2. The Balaban J connectivity index is 2.38. The van der Waals surface area contributed by atoms with Gasteiger partial charge in [-0.2, -0.15) is 0 Å². The average Bonchev–Trinajstić information content (AvgIpc) is 2.24. The molecule has 0 aromatic carbocycles. The number of primary amides is 1. The highest BCUT2D eigenvalue weighted by Crippen LogP contribution is 2.05. The van der Waals surface area contributed by atoms with Gasteiger partial charge in [-0.05, 0) is 28.1 Å². The molecule has 3 N–H and O–H groups in total. The number of rotatable bonds is 4. The van der Waals surface area contributed by atoms with E-state index < -0.39 is 6.09 Å². The monoisotopic (exact) mass is 287 g/mol. The third-order valence-corrected chi connectivity index (χ3v) is 2.02. The van der Waals surface area contributed by atoms with Crippen molar-refractivity contribution in [2.24, 2.45) is 5.73 Å². The van der Waals surface area contributed by atoms with Gasteiger partial charge >= 0.3 is 6.09 Å². The maximum atomic E-state index is 11.5. The molecule has 0 fully saturated rings. The lowest BCUT2D eigenvalue weighted by Crippen LogP contribution is -2.29. The van der Waals surface area contributed by atoms with Crippen molar-refractivity contribution in [3.8, 4) is 0 Å². The molecule has 0 aliphatic carbocycles. The molecule has 2 amide bonds. The summed E-state index contributed by atoms with van der Waals surface area (Å²) in [5.74, 6) is -0.339. The van der Waals surface area contributed by atoms with E-state index in [2.05, 4.69) is 31.0 Å². The molecule has 1 aromatic rings. The molecule has 0 radical (unpaired) electrons. The number of carbonyl (C=O) groups is 2. The van der Waals surface area contributed by atoms with E-state index >= 15 is 0 Å². The van der Waals surface area contributed by atoms with Crippen LogP contribution in [0.5, 0.6) is 0 Å². The third-order valence-electron chi connectivity index (χ3n) is 1.58. The SMILES string of the molecule is NC(=O)OCCNC(=O)c1cccc(Br)n1. The summed E-state index contributed by atoms with van der Waals surface area (Å²) in [6.07, 6.45) is -0.866. The van der Waals surface area contributed by atoms with E-state index in [9.17, 15) is 9.59 Å². The molecule has 0 bridgehead atoms. The lowest BCUT2D eigenvalue weighted by Gasteiger charge is -2.04. The normalized spacial score (nSPS) is 9.56. The second-order valence-electron chi connectivity index (χ2n) is 2.77. The minimum atomic E-state index is -0.866. The van der Waals surface area contributed by atoms with E-state index in [1.54, 1.807) is 18.2 Å². The standard InChI is InChI=1S/C9H10BrN3O3/c10-7-3-1-2-6(13-7)8(14)12-4-5-16-9(11)15/h1-3H,4-5H2,(H2,11,15)(H,12,14). The zero-order valence-corrected chi connectivity index (χ0v) is 9.86. The van der Waals surface area contributed by atoms with Gasteiger partial charge in [-0.25, -0.2) is 9.78 Å². The summed E-state index contributed by atoms with van der Waals surface area (Å²) < 4.78 is 5.02. The van der Waals surface area contributed by atoms with E-state index in [0.717, 1.165) is 0 Å². The lowest BCUT2D eigenvalue weighted by molar-refractivity contribution is 0.0932. The van der Waals surface area contributed by atoms with Gasteiger partial charge in [0.25, 0.3) is 5.91 Å². The number of pyridine rings is 1. The van der Waals surface area contributed by atoms with Crippen molar-refractivity contribution >= 4 is 27.9 Å². The van der Waals surface area contributed by atoms with Crippen LogP contribution in [0.1, 0.15) is 10.5 Å². The summed E-state index contributed by atoms with van der Waals surface area (Å²) >= 11 is 3.15. The first-order valence-corrected chi connectivity index (χ1v) is 5.22. The Hall–Kier alpha value is -1.63. The summed E-state index contributed by atoms with van der Waals surface area (Å²) in [5.41, 5.74) is 5.03. The summed E-state index contributed by atoms with van der Waals surface area (Å²) in [6.45, 7) is 0.227. The van der Waals surface area contributed by atoms with Gasteiger partial charge in [-0.1, -0.05) is 6.07 Å². The number of aromatic nitrogens is 1. The lowest BCUT2D eigenvalue weighted by atomic mass is 10.3. The van der Waals surface area contributed by atoms with Crippen LogP contribution in [0.4, 0.5) is 4.79 Å². The molecule has 0 atom stereocenters. The Kier molecular flexibility index (Phi) is 4.71. The first-order valence-electron chi connectivity index (χ1n) is 4.42. The molecular weight excluding hydrogens is 278 g/mol. The molecule has 0 spiro atoms. The highest BCUT2D eigenvalue weighted by atomic mass is 79.9. The minimum absolute atomic E-state index is 0.0368. The summed E-state index contributed by atoms with van der Waals surface area (Å²) in [4.78, 5) is 25.7. The Morgan fingerprint density at radius 1 is 1.50 bits per heavy atom. The molecule has 0 saturated carbocycles. The molecule has 6 nitrogen and oxygen atoms in total. The fraction of sp³-hybridized carbons (Fsp3) is 0.222. The van der Waals surface area contributed by atoms with Gasteiger partial charge in [0.05, 0.1) is 6.54 Å². The number of hydrogen-bond acceptors (Lipinski definition) is 4. The van der Waals surface area contributed by atoms with Crippen LogP contribution in [-0.2, 0) is 4.74 Å². The number of halogens is 1. The van der Waals surface area contributed by atoms with Crippen molar-refractivity contribution in [2.45, 2.75) is 0 Å². The van der Waals surface area contributed by atoms with Crippen LogP contribution in [0.25, 0.3) is 0 Å². The van der Waals surface area contributed by atoms with Crippen LogP contribution in [0.15, 0.2) is 22.8 Å². The summed E-state index contributed by atoms with van der Waals surface area (Å²) in [7, 11) is 0. The Labute approximate surface area is 100 Å². The minimum Gasteiger partial charge on any atom is -0.448 e. The van der Waals surface area contributed by atoms with Gasteiger partial charge < -0.3 is 15.8 Å². The van der Waals surface area contributed by atoms with Crippen molar-refractivity contribution in [3.05, 3.63) is 28.5 Å². The Bertz CT molecular complexity index is 397. The highest BCUT2D eigenvalue weighted by Gasteiger charge is 2.06. The molecule has 0 unspecified atom stereocenters. The predicted octanol–water partition coefficient (Wildman–Crippen LogP) is 0.669. The molecule has 16 heavy (non-hydrogen) atoms. The molecule has 1 aromatic heterocycles. The van der Waals surface area contributed by atoms with Gasteiger partial charge in [0, 0.05) is 0 Å². The van der Waals surface area contributed by atoms with E-state index in [1.807, 2.05) is 0 Å². The van der Waals surface area contributed by atoms with Crippen LogP contribution >= 0.6 is 15.9 Å². The number of ether oxygens (including phenoxy) is 1. The molecule has 1 heterocycles. The molecule has 0 aliphatic rings. The van der Waals surface area contributed by atoms with Crippen molar-refractivity contribution in [2.75, 3.05) is 13.2 Å². The Morgan fingerprint density at radius 2 is 2.25 bits per heavy atom. The average molecular weight is 288 g/mol. The van der Waals surface area contributed by atoms with Gasteiger partial charge in [0.2, 0.25) is 0 Å². The number of nitrogens with zero attached hydrogens (tertiary/aromatic N) is 1. The van der Waals surface area contributed by atoms with Crippen LogP contribution < -0.4 is 11.1 Å². The number of carbonyl (C=O) groups excluding carboxylic acids is 2. The van der Waals surface area contributed by atoms with Gasteiger partial charge in [0.1, 0.15) is 16.9 Å². The highest BCUT2D eigenvalue weighted by molar-refractivity contribution is 9.10. The summed E-state index contributed by atoms with van der Waals surface area (Å²) in [5, 5.41) is 2.53. The van der Waals surface area contributed by atoms with Crippen molar-refractivity contribution in [1.82, 2.24) is 10.3 Å². The molecule has 86 valence electrons. The van der Waals surface area contributed by atoms with E-state index in [-0.39, 0.29) is 24.8 Å². The molecular formula is C9H10BrN3O3. The van der Waals surface area contributed by atoms with Crippen LogP contribution in [0.3, 0.4) is 0 Å². The van der Waals surface area contributed by atoms with Crippen molar-refractivity contribution in [3.63, 3.8) is 0 Å². The number of amides is 2. The molecule has 7 heteroatoms. The Morgan fingerprint density at radius 3 is 2.88 bits per heavy atom. The quantitative estimate of drug-likeness (QED) is 0.629. The summed E-state index contributed by atoms with van der Waals surface area (Å²) in [6, 6.07) is 4.99. The number of nitrogens with one attached hydrogen (secondary N) is 1. The largest absolute Gasteiger partial charge is 0.448 e. The van der Waals surface area contributed by atoms with Gasteiger partial charge in [-0.15, -0.1) is 0 Å². The van der Waals surface area contributed by atoms with Crippen LogP contribution in [0.2, 0.25) is 0 Å². The van der Waals surface area contributed by atoms with Gasteiger partial charge in [-0.3, -0.25) is 4.79 Å². The molecule has 1 rings (SSSR count). The maximum Gasteiger partial charge on any atom is 0.404 e. The van der Waals surface area contributed by atoms with E-state index in [4.69, 9.17) is 5.73 Å². The topological polar surface area (TPSA) is 94.3 Å². The zero-order valence-electron chi connectivity index (χ0n) is 8.27. The van der Waals surface area contributed by atoms with Crippen LogP contribution in [0, 0.1) is 0 Å². The third kappa shape index (κ3) is 4.26. The number of nitrogens with two attached hydrogens (primary N) is 1. The predicted molar refractivity (Wildman–Crippen MR) is 59.8 cm³/mol. The molecule has 0 saturated heterocycles. The first kappa shape index (κ1) is 12.4. The maximum absolute atomic E-state index is 11.5. The van der Waals surface area contributed by atoms with Crippen molar-refractivity contribution < 1.29 is 14.3 Å². The van der Waals surface area contributed by atoms with Crippen molar-refractivity contribution in [1.29, 1.82) is 0 Å². The fourth-order valence-corrected chi connectivity index (χ4v) is 1.29. The fourth-order valence-electron chi connectivity index (χ4n) is 0.941. The second-order valence-corrected chi connectivity index (χ2v) is 3.58. The zero-order chi connectivity index (χ0) is 12.0. The smallest absolute Gasteiger partial charge is 0.404 e. The first-order chi connectivity index (χ1) is 7.59. The van der Waals surface area contributed by atoms with E-state index in [1.165, 1.54) is 0 Å². The van der Waals surface area contributed by atoms with Gasteiger partial charge in [0.15, 0.2) is 0 Å². The van der Waals surface area contributed by atoms with E-state index in [0.29, 0.717) is 4.60 Å². The van der Waals surface area contributed by atoms with Crippen LogP contribution in [-0.4, -0.2) is 30.1 Å². The molecule has 0 aliphatic heterocycles. The second kappa shape index (κ2) is 6.06.